The molecule has 0 aliphatic rings. The number of ether oxygens (including phenoxy) is 1. The topological polar surface area (TPSA) is 32.8 Å². The molecule has 1 amide bonds. The van der Waals surface area contributed by atoms with Gasteiger partial charge in [-0.1, -0.05) is 6.92 Å². The number of hydrogen-bond acceptors (Lipinski definition) is 3. The minimum atomic E-state index is 0.108. The molecule has 17 heavy (non-hydrogen) atoms. The van der Waals surface area contributed by atoms with E-state index in [2.05, 4.69) is 11.8 Å². The molecule has 0 fully saturated rings. The number of amides is 1. The van der Waals surface area contributed by atoms with Gasteiger partial charge in [0, 0.05) is 33.3 Å². The van der Waals surface area contributed by atoms with Gasteiger partial charge in [0.1, 0.15) is 0 Å². The van der Waals surface area contributed by atoms with E-state index >= 15 is 0 Å². The van der Waals surface area contributed by atoms with Crippen LogP contribution >= 0.6 is 0 Å². The fraction of sp³-hybridized carbons (Fsp3) is 0.923. The van der Waals surface area contributed by atoms with Crippen molar-refractivity contribution in [1.29, 1.82) is 0 Å². The molecule has 0 aromatic carbocycles. The number of likely N-dealkylation sites (N-methyl/N-ethyl adjacent to an activating group) is 1. The first-order chi connectivity index (χ1) is 8.10. The molecule has 0 N–H and O–H groups in total. The fourth-order valence-corrected chi connectivity index (χ4v) is 1.89. The fourth-order valence-electron chi connectivity index (χ4n) is 1.89. The Balaban J connectivity index is 4.26. The van der Waals surface area contributed by atoms with Crippen LogP contribution in [0.25, 0.3) is 0 Å². The van der Waals surface area contributed by atoms with E-state index in [1.54, 1.807) is 7.11 Å². The second-order valence-corrected chi connectivity index (χ2v) is 4.37. The number of hydrogen-bond donors (Lipinski definition) is 0. The molecule has 0 aromatic rings. The quantitative estimate of drug-likeness (QED) is 0.615. The highest BCUT2D eigenvalue weighted by Crippen LogP contribution is 2.09. The maximum Gasteiger partial charge on any atom is 0.226 e. The summed E-state index contributed by atoms with van der Waals surface area (Å²) in [4.78, 5) is 16.3. The van der Waals surface area contributed by atoms with Crippen LogP contribution in [-0.2, 0) is 9.53 Å². The number of nitrogens with zero attached hydrogens (tertiary/aromatic N) is 2. The molecule has 0 saturated carbocycles. The molecular weight excluding hydrogens is 216 g/mol. The number of carbonyl (C=O) groups is 1. The van der Waals surface area contributed by atoms with Crippen molar-refractivity contribution in [3.05, 3.63) is 0 Å². The third-order valence-electron chi connectivity index (χ3n) is 3.13. The molecule has 0 radical (unpaired) electrons. The monoisotopic (exact) mass is 244 g/mol. The van der Waals surface area contributed by atoms with Gasteiger partial charge in [-0.3, -0.25) is 4.79 Å². The number of methoxy groups -OCH3 is 1. The minimum Gasteiger partial charge on any atom is -0.383 e. The first-order valence-electron chi connectivity index (χ1n) is 6.56. The van der Waals surface area contributed by atoms with Crippen LogP contribution in [-0.4, -0.2) is 62.7 Å². The molecule has 0 saturated heterocycles. The molecule has 0 heterocycles. The third-order valence-corrected chi connectivity index (χ3v) is 3.13. The maximum atomic E-state index is 12.2. The maximum absolute atomic E-state index is 12.2. The lowest BCUT2D eigenvalue weighted by Gasteiger charge is -2.27. The van der Waals surface area contributed by atoms with Crippen molar-refractivity contribution in [2.24, 2.45) is 5.92 Å². The van der Waals surface area contributed by atoms with Gasteiger partial charge >= 0.3 is 0 Å². The van der Waals surface area contributed by atoms with E-state index in [0.29, 0.717) is 6.61 Å². The van der Waals surface area contributed by atoms with Gasteiger partial charge in [-0.05, 0) is 27.3 Å². The van der Waals surface area contributed by atoms with Crippen LogP contribution in [0.3, 0.4) is 0 Å². The predicted octanol–water partition coefficient (Wildman–Crippen LogP) is 1.46. The van der Waals surface area contributed by atoms with E-state index < -0.39 is 0 Å². The van der Waals surface area contributed by atoms with Crippen LogP contribution in [0.15, 0.2) is 0 Å². The van der Waals surface area contributed by atoms with E-state index in [0.717, 1.165) is 32.6 Å². The molecule has 0 rings (SSSR count). The van der Waals surface area contributed by atoms with Crippen molar-refractivity contribution in [1.82, 2.24) is 9.80 Å². The molecule has 0 bridgehead atoms. The Morgan fingerprint density at radius 1 is 1.24 bits per heavy atom. The SMILES string of the molecule is CCC(CN(C)CCOC)C(=O)N(CC)CC. The van der Waals surface area contributed by atoms with E-state index in [1.807, 2.05) is 25.8 Å². The molecule has 1 unspecified atom stereocenters. The lowest BCUT2D eigenvalue weighted by Crippen LogP contribution is -2.41. The number of rotatable bonds is 9. The molecule has 0 aliphatic carbocycles. The average Bonchev–Trinajstić information content (AvgIpc) is 2.34. The van der Waals surface area contributed by atoms with E-state index in [4.69, 9.17) is 4.74 Å². The Hall–Kier alpha value is -0.610. The van der Waals surface area contributed by atoms with Gasteiger partial charge in [0.05, 0.1) is 12.5 Å². The molecule has 1 atom stereocenters. The molecule has 4 heteroatoms. The third kappa shape index (κ3) is 6.03. The van der Waals surface area contributed by atoms with Gasteiger partial charge in [-0.25, -0.2) is 0 Å². The zero-order valence-electron chi connectivity index (χ0n) is 12.0. The van der Waals surface area contributed by atoms with Crippen molar-refractivity contribution >= 4 is 5.91 Å². The Labute approximate surface area is 106 Å². The second kappa shape index (κ2) is 9.42. The Kier molecular flexibility index (Phi) is 9.09. The van der Waals surface area contributed by atoms with Crippen LogP contribution in [0.4, 0.5) is 0 Å². The van der Waals surface area contributed by atoms with E-state index in [-0.39, 0.29) is 11.8 Å². The normalized spacial score (nSPS) is 12.8. The standard InChI is InChI=1S/C13H28N2O2/c1-6-12(11-14(4)9-10-17-5)13(16)15(7-2)8-3/h12H,6-11H2,1-5H3. The summed E-state index contributed by atoms with van der Waals surface area (Å²) >= 11 is 0. The van der Waals surface area contributed by atoms with Gasteiger partial charge in [-0.15, -0.1) is 0 Å². The molecule has 0 aliphatic heterocycles. The van der Waals surface area contributed by atoms with Crippen LogP contribution in [0, 0.1) is 5.92 Å². The average molecular weight is 244 g/mol. The van der Waals surface area contributed by atoms with Crippen LogP contribution in [0.1, 0.15) is 27.2 Å². The largest absolute Gasteiger partial charge is 0.383 e. The van der Waals surface area contributed by atoms with Crippen LogP contribution in [0.5, 0.6) is 0 Å². The summed E-state index contributed by atoms with van der Waals surface area (Å²) in [6, 6.07) is 0. The lowest BCUT2D eigenvalue weighted by atomic mass is 10.0. The summed E-state index contributed by atoms with van der Waals surface area (Å²) in [6.45, 7) is 10.1. The van der Waals surface area contributed by atoms with Gasteiger partial charge < -0.3 is 14.5 Å². The summed E-state index contributed by atoms with van der Waals surface area (Å²) in [5.74, 6) is 0.388. The first-order valence-corrected chi connectivity index (χ1v) is 6.56. The van der Waals surface area contributed by atoms with E-state index in [9.17, 15) is 4.79 Å². The highest BCUT2D eigenvalue weighted by atomic mass is 16.5. The van der Waals surface area contributed by atoms with Crippen molar-refractivity contribution in [2.75, 3.05) is 46.9 Å². The zero-order valence-corrected chi connectivity index (χ0v) is 12.0. The van der Waals surface area contributed by atoms with Gasteiger partial charge in [0.15, 0.2) is 0 Å². The minimum absolute atomic E-state index is 0.108. The summed E-state index contributed by atoms with van der Waals surface area (Å²) in [7, 11) is 3.74. The molecule has 102 valence electrons. The van der Waals surface area contributed by atoms with E-state index in [1.165, 1.54) is 0 Å². The summed E-state index contributed by atoms with van der Waals surface area (Å²) in [5, 5.41) is 0. The van der Waals surface area contributed by atoms with Gasteiger partial charge in [0.2, 0.25) is 5.91 Å². The van der Waals surface area contributed by atoms with Gasteiger partial charge in [-0.2, -0.15) is 0 Å². The van der Waals surface area contributed by atoms with Crippen LogP contribution in [0.2, 0.25) is 0 Å². The Morgan fingerprint density at radius 2 is 1.82 bits per heavy atom. The molecule has 0 spiro atoms. The van der Waals surface area contributed by atoms with Crippen molar-refractivity contribution < 1.29 is 9.53 Å². The highest BCUT2D eigenvalue weighted by molar-refractivity contribution is 5.79. The van der Waals surface area contributed by atoms with Crippen molar-refractivity contribution in [3.63, 3.8) is 0 Å². The highest BCUT2D eigenvalue weighted by Gasteiger charge is 2.22. The predicted molar refractivity (Wildman–Crippen MR) is 71.1 cm³/mol. The molecular formula is C13H28N2O2. The first kappa shape index (κ1) is 16.4. The number of carbonyl (C=O) groups excluding carboxylic acids is 1. The second-order valence-electron chi connectivity index (χ2n) is 4.37. The summed E-state index contributed by atoms with van der Waals surface area (Å²) in [6.07, 6.45) is 0.895. The Bertz CT molecular complexity index is 206. The molecule has 4 nitrogen and oxygen atoms in total. The van der Waals surface area contributed by atoms with Gasteiger partial charge in [0.25, 0.3) is 0 Å². The Morgan fingerprint density at radius 3 is 2.24 bits per heavy atom. The zero-order chi connectivity index (χ0) is 13.3. The van der Waals surface area contributed by atoms with Crippen molar-refractivity contribution in [3.8, 4) is 0 Å². The lowest BCUT2D eigenvalue weighted by molar-refractivity contribution is -0.135. The smallest absolute Gasteiger partial charge is 0.226 e. The van der Waals surface area contributed by atoms with Crippen molar-refractivity contribution in [2.45, 2.75) is 27.2 Å². The summed E-state index contributed by atoms with van der Waals surface area (Å²) in [5.41, 5.74) is 0. The summed E-state index contributed by atoms with van der Waals surface area (Å²) < 4.78 is 5.04. The van der Waals surface area contributed by atoms with Crippen LogP contribution < -0.4 is 0 Å². The molecule has 0 aromatic heterocycles.